The first-order chi connectivity index (χ1) is 61.1. The van der Waals surface area contributed by atoms with Gasteiger partial charge in [-0.05, 0) is 252 Å². The summed E-state index contributed by atoms with van der Waals surface area (Å²) in [6.07, 6.45) is 3.94. The van der Waals surface area contributed by atoms with Gasteiger partial charge < -0.3 is 123 Å². The van der Waals surface area contributed by atoms with Gasteiger partial charge in [-0.3, -0.25) is 14.4 Å². The third-order valence-electron chi connectivity index (χ3n) is 22.5. The number of nitrogens with two attached hydrogens (primary N) is 1. The second-order valence-corrected chi connectivity index (χ2v) is 31.8. The summed E-state index contributed by atoms with van der Waals surface area (Å²) in [4.78, 5) is 207. The van der Waals surface area contributed by atoms with E-state index in [0.29, 0.717) is 78.3 Å². The smallest absolute Gasteiger partial charge is 0.319 e. The van der Waals surface area contributed by atoms with Crippen molar-refractivity contribution in [2.45, 2.75) is 256 Å². The van der Waals surface area contributed by atoms with Gasteiger partial charge in [0.2, 0.25) is 0 Å². The molecule has 1 aliphatic heterocycles. The fraction of sp³-hybridized carbons (Fsp3) is 0.511. The monoisotopic (exact) mass is 1770 g/mol. The molecule has 1 aliphatic rings. The van der Waals surface area contributed by atoms with Gasteiger partial charge in [0.05, 0.1) is 73.8 Å². The number of carbonyl (C=O) groups excluding carboxylic acids is 15. The van der Waals surface area contributed by atoms with Crippen LogP contribution in [0.3, 0.4) is 0 Å². The molecule has 0 aromatic heterocycles. The molecule has 36 heteroatoms. The zero-order valence-electron chi connectivity index (χ0n) is 76.1. The van der Waals surface area contributed by atoms with Gasteiger partial charge in [0.1, 0.15) is 34.7 Å². The number of anilines is 6. The number of azide groups is 1. The molecule has 0 saturated heterocycles. The first-order valence-corrected chi connectivity index (χ1v) is 43.8. The molecule has 5 aromatic rings. The van der Waals surface area contributed by atoms with Crippen LogP contribution in [0.2, 0.25) is 0 Å². The average molecular weight is 1770 g/mol. The van der Waals surface area contributed by atoms with Crippen molar-refractivity contribution < 1.29 is 86.1 Å². The zero-order valence-corrected chi connectivity index (χ0v) is 76.1. The Morgan fingerprint density at radius 1 is 0.391 bits per heavy atom. The Hall–Kier alpha value is -12.7. The first-order valence-electron chi connectivity index (χ1n) is 43.8. The number of hydrogen-bond donors (Lipinski definition) is 15. The number of ketones is 6. The number of rotatable bonds is 46. The van der Waals surface area contributed by atoms with Crippen molar-refractivity contribution in [2.24, 2.45) is 10.8 Å². The molecule has 5 aromatic carbocycles. The predicted octanol–water partition coefficient (Wildman–Crippen LogP) is 13.3. The maximum Gasteiger partial charge on any atom is 0.319 e. The van der Waals surface area contributed by atoms with Crippen molar-refractivity contribution in [3.8, 4) is 0 Å². The summed E-state index contributed by atoms with van der Waals surface area (Å²) in [6.45, 7) is 23.1. The van der Waals surface area contributed by atoms with Crippen LogP contribution in [0, 0.1) is 0 Å². The molecule has 0 spiro atoms. The summed E-state index contributed by atoms with van der Waals surface area (Å²) in [7, 11) is 0. The third kappa shape index (κ3) is 32.3. The number of nitrogens with zero attached hydrogens (tertiary/aromatic N) is 3. The van der Waals surface area contributed by atoms with Gasteiger partial charge in [-0.15, -0.1) is 0 Å². The fourth-order valence-corrected chi connectivity index (χ4v) is 16.0. The summed E-state index contributed by atoms with van der Waals surface area (Å²) >= 11 is 0. The highest BCUT2D eigenvalue weighted by Crippen LogP contribution is 2.37. The number of primary amides is 1. The van der Waals surface area contributed by atoms with Crippen LogP contribution in [0.4, 0.5) is 62.9 Å². The Bertz CT molecular complexity index is 4830. The maximum atomic E-state index is 14.9. The van der Waals surface area contributed by atoms with Crippen LogP contribution in [0.15, 0.2) is 59.7 Å². The Morgan fingerprint density at radius 2 is 0.719 bits per heavy atom. The van der Waals surface area contributed by atoms with Crippen molar-refractivity contribution in [2.75, 3.05) is 84.6 Å². The van der Waals surface area contributed by atoms with Crippen LogP contribution in [-0.4, -0.2) is 152 Å². The summed E-state index contributed by atoms with van der Waals surface area (Å²) in [5.41, 5.74) is 21.2. The van der Waals surface area contributed by atoms with Gasteiger partial charge in [0.25, 0.3) is 17.7 Å². The van der Waals surface area contributed by atoms with E-state index in [4.69, 9.17) is 25.5 Å². The average Bonchev–Trinajstić information content (AvgIpc) is 0.765. The highest BCUT2D eigenvalue weighted by molar-refractivity contribution is 6.06. The molecule has 6 rings (SSSR count). The fourth-order valence-electron chi connectivity index (χ4n) is 16.0. The topological polar surface area (TPSA) is 527 Å². The Labute approximate surface area is 747 Å². The van der Waals surface area contributed by atoms with E-state index >= 15 is 0 Å². The van der Waals surface area contributed by atoms with Crippen LogP contribution in [0.1, 0.15) is 265 Å². The van der Waals surface area contributed by atoms with E-state index in [1.807, 2.05) is 48.5 Å². The Kier molecular flexibility index (Phi) is 42.7. The van der Waals surface area contributed by atoms with E-state index in [-0.39, 0.29) is 248 Å². The van der Waals surface area contributed by atoms with Gasteiger partial charge in [-0.1, -0.05) is 53.6 Å². The molecule has 0 radical (unpaired) electrons. The number of amides is 15. The number of hydrogen-bond acceptors (Lipinski definition) is 19. The molecule has 128 heavy (non-hydrogen) atoms. The molecular formula is C92H128N18O18. The van der Waals surface area contributed by atoms with Crippen LogP contribution >= 0.6 is 0 Å². The normalized spacial score (nSPS) is 12.6. The van der Waals surface area contributed by atoms with E-state index in [1.165, 1.54) is 96.1 Å². The van der Waals surface area contributed by atoms with Crippen molar-refractivity contribution in [1.29, 1.82) is 0 Å². The number of nitrogens with one attached hydrogen (secondary N) is 14. The molecule has 36 nitrogen and oxygen atoms in total. The summed E-state index contributed by atoms with van der Waals surface area (Å²) in [5.74, 6) is -2.96. The Morgan fingerprint density at radius 3 is 1.07 bits per heavy atom. The molecule has 694 valence electrons. The molecule has 16 N–H and O–H groups in total. The molecular weight excluding hydrogens is 1650 g/mol. The van der Waals surface area contributed by atoms with Crippen molar-refractivity contribution in [3.05, 3.63) is 148 Å². The lowest BCUT2D eigenvalue weighted by Gasteiger charge is -2.35. The summed E-state index contributed by atoms with van der Waals surface area (Å²) in [6, 6.07) is 7.75. The van der Waals surface area contributed by atoms with Gasteiger partial charge in [0.15, 0.2) is 0 Å². The molecule has 0 atom stereocenters. The third-order valence-corrected chi connectivity index (χ3v) is 22.5. The molecule has 0 fully saturated rings. The highest BCUT2D eigenvalue weighted by Gasteiger charge is 2.36. The number of benzene rings is 5. The van der Waals surface area contributed by atoms with E-state index < -0.39 is 65.0 Å². The van der Waals surface area contributed by atoms with Gasteiger partial charge in [-0.25, -0.2) is 28.8 Å². The van der Waals surface area contributed by atoms with Crippen LogP contribution in [-0.2, 0) is 121 Å². The van der Waals surface area contributed by atoms with Crippen molar-refractivity contribution in [3.63, 3.8) is 0 Å². The number of carbonyl (C=O) groups is 15. The highest BCUT2D eigenvalue weighted by atomic mass is 16.5. The first kappa shape index (κ1) is 104. The van der Waals surface area contributed by atoms with E-state index in [0.717, 1.165) is 33.4 Å². The maximum absolute atomic E-state index is 14.9. The second-order valence-electron chi connectivity index (χ2n) is 31.8. The molecule has 15 amide bonds. The molecule has 4 bridgehead atoms. The second kappa shape index (κ2) is 52.5. The lowest BCUT2D eigenvalue weighted by molar-refractivity contribution is -0.119. The van der Waals surface area contributed by atoms with E-state index in [1.54, 1.807) is 0 Å². The van der Waals surface area contributed by atoms with E-state index in [9.17, 15) is 71.9 Å². The lowest BCUT2D eigenvalue weighted by Crippen LogP contribution is -2.49. The van der Waals surface area contributed by atoms with Crippen LogP contribution in [0.5, 0.6) is 0 Å². The van der Waals surface area contributed by atoms with Gasteiger partial charge in [-0.2, -0.15) is 0 Å². The summed E-state index contributed by atoms with van der Waals surface area (Å²) < 4.78 is 16.6. The quantitative estimate of drug-likeness (QED) is 0.00744. The largest absolute Gasteiger partial charge is 0.379 e. The number of fused-ring (bicyclic) bond motifs is 6. The zero-order chi connectivity index (χ0) is 94.2. The number of urea groups is 6. The SMILES string of the molecule is CCc1c(CC)c2c(CC)c(c1CC)CNC(=O)Nc1cc(C(=O)NC(CCC(C)=O)(CCC(C)=O)CCC(C)=O)ccc1NC(=O)NCc1c(CC)c(CNC(=O)Nc3ccc(C(=O)NC(CCC(C)=O)(CCC(C)=O)CCC(C)=O)cc3NC(N)=O)c(CC)c(c1CC)CNC(=O)Nc1ccc(C(=O)NCCOCCOCCOCCN=[N+]=[N-])cc1NC(=O)NC2. The molecule has 0 saturated carbocycles. The standard InChI is InChI=1S/C92H128N18O18/c1-14-64-65(15-2)71-50-99-89(124)106-80-47-61(82(117)95-39-41-126-43-45-128-46-44-127-42-40-101-110-94)21-24-77(80)104-87(122)97-53-74-68(18-5)73(52-96-86(121)103-76-25-22-62(48-79(76)102-85(93)120)83(118)108-91(33-27-55(8)111,34-28-56(9)112)35-29-57(10)113)69(19-6)75(70(74)20-7)54-98-88(123)105-78-26-23-63(49-81(78)107-90(125)100-51-72(66(64)16-3)67(71)17-4)84(119)109-92(36-30-58(11)114,37-31-59(12)115)38-32-60(13)116/h21-26,47-49H,14-20,27-46,50-54H2,1-13H3,(H,95,117)(H,108,118)(H,109,119)(H3,93,102,120)(H2,96,103,121)(H2,97,104,122)(H2,98,105,123)(H2,99,106,124)(H2,100,107,125). The minimum Gasteiger partial charge on any atom is -0.379 e. The minimum atomic E-state index is -1.21. The number of ether oxygens (including phenoxy) is 3. The van der Waals surface area contributed by atoms with Crippen LogP contribution < -0.4 is 80.2 Å². The summed E-state index contributed by atoms with van der Waals surface area (Å²) in [5, 5.41) is 44.1. The van der Waals surface area contributed by atoms with Crippen LogP contribution in [0.25, 0.3) is 10.4 Å². The van der Waals surface area contributed by atoms with Crippen molar-refractivity contribution in [1.82, 2.24) is 42.5 Å². The molecule has 0 aliphatic carbocycles. The van der Waals surface area contributed by atoms with E-state index in [2.05, 4.69) is 84.5 Å². The predicted molar refractivity (Wildman–Crippen MR) is 489 cm³/mol. The minimum absolute atomic E-state index is 0.00467. The molecule has 0 unspecified atom stereocenters. The van der Waals surface area contributed by atoms with Gasteiger partial charge in [0, 0.05) is 117 Å². The van der Waals surface area contributed by atoms with Crippen molar-refractivity contribution >= 4 is 123 Å². The number of Topliss-reactive ketones (excluding diaryl/α,β-unsaturated/α-hetero) is 6. The lowest BCUT2D eigenvalue weighted by atomic mass is 9.81. The molecule has 1 heterocycles. The Balaban J connectivity index is 1.49. The van der Waals surface area contributed by atoms with Gasteiger partial charge >= 0.3 is 36.2 Å².